The zero-order chi connectivity index (χ0) is 15.5. The molecule has 0 saturated heterocycles. The van der Waals surface area contributed by atoms with Crippen LogP contribution in [0.5, 0.6) is 5.75 Å². The second-order valence-electron chi connectivity index (χ2n) is 5.35. The molecule has 0 atom stereocenters. The van der Waals surface area contributed by atoms with Gasteiger partial charge < -0.3 is 15.2 Å². The van der Waals surface area contributed by atoms with Crippen LogP contribution in [0.25, 0.3) is 0 Å². The minimum Gasteiger partial charge on any atom is -0.489 e. The number of ether oxygens (including phenoxy) is 1. The molecule has 0 spiro atoms. The van der Waals surface area contributed by atoms with Crippen molar-refractivity contribution >= 4 is 0 Å². The van der Waals surface area contributed by atoms with Gasteiger partial charge in [0.05, 0.1) is 0 Å². The fourth-order valence-electron chi connectivity index (χ4n) is 2.23. The molecule has 2 rings (SSSR count). The Bertz CT molecular complexity index is 511. The number of aliphatic hydroxyl groups excluding tert-OH is 1. The maximum absolute atomic E-state index is 8.69. The van der Waals surface area contributed by atoms with Crippen LogP contribution in [0.15, 0.2) is 54.6 Å². The van der Waals surface area contributed by atoms with Crippen molar-refractivity contribution in [2.45, 2.75) is 25.9 Å². The lowest BCUT2D eigenvalue weighted by atomic mass is 10.1. The van der Waals surface area contributed by atoms with Gasteiger partial charge in [-0.15, -0.1) is 0 Å². The highest BCUT2D eigenvalue weighted by molar-refractivity contribution is 5.24. The van der Waals surface area contributed by atoms with Gasteiger partial charge in [-0.05, 0) is 55.6 Å². The molecule has 0 fully saturated rings. The first-order valence-electron chi connectivity index (χ1n) is 7.96. The molecule has 0 aromatic heterocycles. The molecule has 0 unspecified atom stereocenters. The average molecular weight is 299 g/mol. The van der Waals surface area contributed by atoms with E-state index in [4.69, 9.17) is 9.84 Å². The van der Waals surface area contributed by atoms with Crippen molar-refractivity contribution in [3.05, 3.63) is 65.7 Å². The molecular formula is C19H25NO2. The smallest absolute Gasteiger partial charge is 0.119 e. The summed E-state index contributed by atoms with van der Waals surface area (Å²) in [4.78, 5) is 0. The summed E-state index contributed by atoms with van der Waals surface area (Å²) in [5, 5.41) is 12.0. The van der Waals surface area contributed by atoms with Crippen molar-refractivity contribution in [1.82, 2.24) is 5.32 Å². The Labute approximate surface area is 133 Å². The molecule has 22 heavy (non-hydrogen) atoms. The molecule has 2 aromatic carbocycles. The molecule has 0 aliphatic carbocycles. The van der Waals surface area contributed by atoms with Crippen LogP contribution in [0.1, 0.15) is 24.0 Å². The molecule has 2 N–H and O–H groups in total. The van der Waals surface area contributed by atoms with E-state index in [1.54, 1.807) is 0 Å². The van der Waals surface area contributed by atoms with Crippen LogP contribution in [-0.4, -0.2) is 24.8 Å². The van der Waals surface area contributed by atoms with Gasteiger partial charge in [-0.3, -0.25) is 0 Å². The normalized spacial score (nSPS) is 10.6. The van der Waals surface area contributed by atoms with E-state index in [1.807, 2.05) is 30.3 Å². The Balaban J connectivity index is 1.67. The molecule has 0 saturated carbocycles. The minimum absolute atomic E-state index is 0.263. The van der Waals surface area contributed by atoms with Crippen molar-refractivity contribution in [3.8, 4) is 5.75 Å². The van der Waals surface area contributed by atoms with Gasteiger partial charge >= 0.3 is 0 Å². The Morgan fingerprint density at radius 1 is 0.818 bits per heavy atom. The van der Waals surface area contributed by atoms with Gasteiger partial charge in [0, 0.05) is 6.61 Å². The molecule has 118 valence electrons. The van der Waals surface area contributed by atoms with E-state index in [1.165, 1.54) is 11.1 Å². The van der Waals surface area contributed by atoms with Crippen LogP contribution in [0, 0.1) is 0 Å². The predicted molar refractivity (Wildman–Crippen MR) is 90.1 cm³/mol. The highest BCUT2D eigenvalue weighted by Gasteiger charge is 1.97. The summed E-state index contributed by atoms with van der Waals surface area (Å²) in [6.45, 7) is 2.76. The Morgan fingerprint density at radius 2 is 1.50 bits per heavy atom. The molecule has 0 aliphatic heterocycles. The number of hydrogen-bond acceptors (Lipinski definition) is 3. The molecule has 0 aliphatic rings. The van der Waals surface area contributed by atoms with E-state index in [-0.39, 0.29) is 6.61 Å². The van der Waals surface area contributed by atoms with E-state index in [0.717, 1.165) is 38.1 Å². The summed E-state index contributed by atoms with van der Waals surface area (Å²) in [7, 11) is 0. The lowest BCUT2D eigenvalue weighted by Gasteiger charge is -2.07. The highest BCUT2D eigenvalue weighted by Crippen LogP contribution is 2.12. The van der Waals surface area contributed by atoms with Crippen LogP contribution < -0.4 is 10.1 Å². The number of aliphatic hydroxyl groups is 1. The number of hydrogen-bond donors (Lipinski definition) is 2. The van der Waals surface area contributed by atoms with Crippen molar-refractivity contribution in [3.63, 3.8) is 0 Å². The number of aryl methyl sites for hydroxylation is 1. The summed E-state index contributed by atoms with van der Waals surface area (Å²) in [6, 6.07) is 18.5. The summed E-state index contributed by atoms with van der Waals surface area (Å²) >= 11 is 0. The first-order valence-corrected chi connectivity index (χ1v) is 7.96. The first kappa shape index (κ1) is 16.5. The van der Waals surface area contributed by atoms with Gasteiger partial charge in [0.1, 0.15) is 12.4 Å². The standard InChI is InChI=1S/C19H25NO2/c21-15-5-14-20-13-4-6-17-9-11-18(12-10-17)16-22-19-7-2-1-3-8-19/h1-3,7-12,20-21H,4-6,13-16H2. The topological polar surface area (TPSA) is 41.5 Å². The Kier molecular flexibility index (Phi) is 7.50. The average Bonchev–Trinajstić information content (AvgIpc) is 2.58. The predicted octanol–water partition coefficient (Wildman–Crippen LogP) is 3.17. The fraction of sp³-hybridized carbons (Fsp3) is 0.368. The van der Waals surface area contributed by atoms with Crippen LogP contribution in [0.2, 0.25) is 0 Å². The molecule has 0 amide bonds. The number of para-hydroxylation sites is 1. The Morgan fingerprint density at radius 3 is 2.23 bits per heavy atom. The van der Waals surface area contributed by atoms with Gasteiger partial charge in [-0.1, -0.05) is 42.5 Å². The maximum atomic E-state index is 8.69. The molecule has 3 nitrogen and oxygen atoms in total. The van der Waals surface area contributed by atoms with Crippen molar-refractivity contribution < 1.29 is 9.84 Å². The van der Waals surface area contributed by atoms with Crippen molar-refractivity contribution in [2.75, 3.05) is 19.7 Å². The van der Waals surface area contributed by atoms with Crippen LogP contribution in [0.4, 0.5) is 0 Å². The SMILES string of the molecule is OCCCNCCCc1ccc(COc2ccccc2)cc1. The first-order chi connectivity index (χ1) is 10.9. The van der Waals surface area contributed by atoms with Gasteiger partial charge in [0.2, 0.25) is 0 Å². The molecule has 0 heterocycles. The largest absolute Gasteiger partial charge is 0.489 e. The molecule has 0 bridgehead atoms. The monoisotopic (exact) mass is 299 g/mol. The summed E-state index contributed by atoms with van der Waals surface area (Å²) < 4.78 is 5.74. The van der Waals surface area contributed by atoms with E-state index in [2.05, 4.69) is 29.6 Å². The summed E-state index contributed by atoms with van der Waals surface area (Å²) in [6.07, 6.45) is 3.02. The third kappa shape index (κ3) is 6.29. The summed E-state index contributed by atoms with van der Waals surface area (Å²) in [5.74, 6) is 0.903. The molecular weight excluding hydrogens is 274 g/mol. The van der Waals surface area contributed by atoms with Gasteiger partial charge in [-0.25, -0.2) is 0 Å². The highest BCUT2D eigenvalue weighted by atomic mass is 16.5. The zero-order valence-corrected chi connectivity index (χ0v) is 13.0. The lowest BCUT2D eigenvalue weighted by molar-refractivity contribution is 0.286. The zero-order valence-electron chi connectivity index (χ0n) is 13.0. The van der Waals surface area contributed by atoms with Crippen molar-refractivity contribution in [1.29, 1.82) is 0 Å². The Hall–Kier alpha value is -1.84. The van der Waals surface area contributed by atoms with Crippen LogP contribution in [0.3, 0.4) is 0 Å². The summed E-state index contributed by atoms with van der Waals surface area (Å²) in [5.41, 5.74) is 2.54. The van der Waals surface area contributed by atoms with Crippen LogP contribution in [-0.2, 0) is 13.0 Å². The third-order valence-corrected chi connectivity index (χ3v) is 3.50. The number of rotatable bonds is 10. The van der Waals surface area contributed by atoms with E-state index >= 15 is 0 Å². The van der Waals surface area contributed by atoms with Gasteiger partial charge in [0.25, 0.3) is 0 Å². The lowest BCUT2D eigenvalue weighted by Crippen LogP contribution is -2.18. The fourth-order valence-corrected chi connectivity index (χ4v) is 2.23. The molecule has 3 heteroatoms. The molecule has 0 radical (unpaired) electrons. The van der Waals surface area contributed by atoms with Gasteiger partial charge in [-0.2, -0.15) is 0 Å². The quantitative estimate of drug-likeness (QED) is 0.662. The number of nitrogens with one attached hydrogen (secondary N) is 1. The minimum atomic E-state index is 0.263. The second-order valence-corrected chi connectivity index (χ2v) is 5.35. The van der Waals surface area contributed by atoms with E-state index in [9.17, 15) is 0 Å². The van der Waals surface area contributed by atoms with E-state index in [0.29, 0.717) is 6.61 Å². The van der Waals surface area contributed by atoms with Crippen molar-refractivity contribution in [2.24, 2.45) is 0 Å². The van der Waals surface area contributed by atoms with Gasteiger partial charge in [0.15, 0.2) is 0 Å². The van der Waals surface area contributed by atoms with Crippen LogP contribution >= 0.6 is 0 Å². The third-order valence-electron chi connectivity index (χ3n) is 3.50. The molecule has 2 aromatic rings. The number of benzene rings is 2. The maximum Gasteiger partial charge on any atom is 0.119 e. The second kappa shape index (κ2) is 9.98. The van der Waals surface area contributed by atoms with E-state index < -0.39 is 0 Å².